The van der Waals surface area contributed by atoms with E-state index < -0.39 is 65.5 Å². The fourth-order valence-electron chi connectivity index (χ4n) is 6.22. The Balaban J connectivity index is 0.000000331. The Morgan fingerprint density at radius 3 is 2.13 bits per heavy atom. The van der Waals surface area contributed by atoms with E-state index in [0.29, 0.717) is 17.0 Å². The highest BCUT2D eigenvalue weighted by Crippen LogP contribution is 2.41. The molecule has 0 bridgehead atoms. The van der Waals surface area contributed by atoms with Gasteiger partial charge in [0.15, 0.2) is 10.5 Å². The number of aryl methyl sites for hydroxylation is 3. The number of nitrogens with one attached hydrogen (secondary N) is 1. The van der Waals surface area contributed by atoms with Crippen molar-refractivity contribution in [2.45, 2.75) is 70.6 Å². The summed E-state index contributed by atoms with van der Waals surface area (Å²) >= 11 is 25.6. The van der Waals surface area contributed by atoms with Gasteiger partial charge in [0.1, 0.15) is 36.5 Å². The molecule has 0 radical (unpaired) electrons. The molecule has 3 aromatic carbocycles. The first-order chi connectivity index (χ1) is 32.1. The van der Waals surface area contributed by atoms with Crippen LogP contribution in [0.2, 0.25) is 5.02 Å². The molecule has 1 aliphatic heterocycles. The number of ether oxygens (including phenoxy) is 3. The number of carboxylic acids is 1. The number of carbonyl (C=O) groups excluding carboxylic acids is 3. The second-order valence-electron chi connectivity index (χ2n) is 14.7. The number of fused-ring (bicyclic) bond motifs is 1. The fraction of sp³-hybridized carbons (Fsp3) is 0.419. The first-order valence-corrected chi connectivity index (χ1v) is 24.8. The van der Waals surface area contributed by atoms with Gasteiger partial charge in [0.25, 0.3) is 5.91 Å². The minimum Gasteiger partial charge on any atom is -0.489 e. The third-order valence-electron chi connectivity index (χ3n) is 9.10. The number of alkyl halides is 6. The van der Waals surface area contributed by atoms with Crippen molar-refractivity contribution in [3.63, 3.8) is 0 Å². The predicted molar refractivity (Wildman–Crippen MR) is 259 cm³/mol. The van der Waals surface area contributed by atoms with E-state index in [0.717, 1.165) is 54.5 Å². The van der Waals surface area contributed by atoms with Crippen molar-refractivity contribution in [2.75, 3.05) is 49.0 Å². The lowest BCUT2D eigenvalue weighted by atomic mass is 10.0. The van der Waals surface area contributed by atoms with Gasteiger partial charge in [-0.1, -0.05) is 79.0 Å². The summed E-state index contributed by atoms with van der Waals surface area (Å²) in [6.07, 6.45) is -3.99. The number of esters is 1. The molecular formula is C43H51BrCl4F4N5O11P. The van der Waals surface area contributed by atoms with E-state index in [1.54, 1.807) is 30.8 Å². The molecule has 1 unspecified atom stereocenters. The van der Waals surface area contributed by atoms with Crippen LogP contribution in [0.5, 0.6) is 5.75 Å². The van der Waals surface area contributed by atoms with Crippen LogP contribution in [-0.4, -0.2) is 105 Å². The number of methoxy groups -OCH3 is 1. The van der Waals surface area contributed by atoms with Crippen LogP contribution in [0.25, 0.3) is 11.3 Å². The third-order valence-corrected chi connectivity index (χ3v) is 11.4. The summed E-state index contributed by atoms with van der Waals surface area (Å²) in [4.78, 5) is 64.2. The maximum Gasteiger partial charge on any atom is 0.434 e. The first-order valence-electron chi connectivity index (χ1n) is 20.4. The van der Waals surface area contributed by atoms with Gasteiger partial charge in [0.2, 0.25) is 5.91 Å². The molecule has 4 N–H and O–H groups in total. The average molecular weight is 1140 g/mol. The summed E-state index contributed by atoms with van der Waals surface area (Å²) in [5.41, 5.74) is 2.10. The lowest BCUT2D eigenvalue weighted by Crippen LogP contribution is -2.47. The smallest absolute Gasteiger partial charge is 0.434 e. The van der Waals surface area contributed by atoms with Crippen LogP contribution in [0.4, 0.5) is 28.9 Å². The lowest BCUT2D eigenvalue weighted by Gasteiger charge is -2.35. The average Bonchev–Trinajstić information content (AvgIpc) is 3.57. The van der Waals surface area contributed by atoms with Crippen LogP contribution in [0.1, 0.15) is 61.8 Å². The number of benzene rings is 3. The summed E-state index contributed by atoms with van der Waals surface area (Å²) in [5.74, 6) is -2.68. The highest BCUT2D eigenvalue weighted by Gasteiger charge is 2.39. The van der Waals surface area contributed by atoms with Gasteiger partial charge in [0, 0.05) is 19.7 Å². The number of rotatable bonds is 14. The lowest BCUT2D eigenvalue weighted by molar-refractivity contribution is -0.144. The second kappa shape index (κ2) is 28.1. The van der Waals surface area contributed by atoms with Crippen LogP contribution >= 0.6 is 69.9 Å². The number of hydrogen-bond donors (Lipinski definition) is 4. The summed E-state index contributed by atoms with van der Waals surface area (Å²) < 4.78 is 79.3. The molecule has 0 spiro atoms. The fourth-order valence-corrected chi connectivity index (χ4v) is 7.98. The molecule has 0 fully saturated rings. The number of aliphatic carboxylic acids is 1. The zero-order valence-electron chi connectivity index (χ0n) is 38.1. The Bertz CT molecular complexity index is 2430. The molecule has 2 amide bonds. The van der Waals surface area contributed by atoms with Crippen molar-refractivity contribution in [1.29, 1.82) is 0 Å². The zero-order valence-corrected chi connectivity index (χ0v) is 43.6. The number of anilines is 2. The van der Waals surface area contributed by atoms with E-state index in [-0.39, 0.29) is 52.3 Å². The van der Waals surface area contributed by atoms with E-state index in [1.807, 2.05) is 49.4 Å². The van der Waals surface area contributed by atoms with Gasteiger partial charge < -0.3 is 34.0 Å². The van der Waals surface area contributed by atoms with Gasteiger partial charge in [-0.15, -0.1) is 11.6 Å². The number of carboxylic acid groups (broad SMARTS) is 1. The molecule has 2 heterocycles. The van der Waals surface area contributed by atoms with Gasteiger partial charge in [-0.2, -0.15) is 18.3 Å². The van der Waals surface area contributed by atoms with Gasteiger partial charge in [-0.25, -0.2) is 9.18 Å². The monoisotopic (exact) mass is 1140 g/mol. The van der Waals surface area contributed by atoms with Gasteiger partial charge in [-0.05, 0) is 84.9 Å². The van der Waals surface area contributed by atoms with Crippen molar-refractivity contribution < 1.29 is 70.4 Å². The number of nitrogens with zero attached hydrogens (tertiary/aromatic N) is 4. The number of hydrogen-bond acceptors (Lipinski definition) is 10. The molecular weight excluding hydrogens is 1090 g/mol. The summed E-state index contributed by atoms with van der Waals surface area (Å²) in [7, 11) is -1.44. The van der Waals surface area contributed by atoms with E-state index in [4.69, 9.17) is 75.5 Å². The predicted octanol–water partition coefficient (Wildman–Crippen LogP) is 9.61. The minimum absolute atomic E-state index is 0.0371. The van der Waals surface area contributed by atoms with Gasteiger partial charge in [0.05, 0.1) is 51.4 Å². The normalized spacial score (nSPS) is 13.2. The van der Waals surface area contributed by atoms with Crippen molar-refractivity contribution in [1.82, 2.24) is 15.1 Å². The zero-order chi connectivity index (χ0) is 52.6. The van der Waals surface area contributed by atoms with Gasteiger partial charge in [-0.3, -0.25) is 33.8 Å². The topological polar surface area (TPSA) is 210 Å². The molecule has 5 rings (SSSR count). The molecule has 382 valence electrons. The van der Waals surface area contributed by atoms with E-state index in [1.165, 1.54) is 0 Å². The minimum atomic E-state index is -4.69. The SMILES string of the molecule is CC(C)OC(=O)c1cc(-c2nn(C)c(C(F)(F)F)c2Br)c(F)cc1Cl.CC1COc2ccccc2N1C(=O)C(Cl)Cl.CCc1cccc(CC)c1N(COC)C(=O)CCl.O=C(O)CNCP(=O)(O)O. The molecule has 1 atom stereocenters. The highest BCUT2D eigenvalue weighted by atomic mass is 79.9. The molecule has 26 heteroatoms. The van der Waals surface area contributed by atoms with E-state index >= 15 is 0 Å². The van der Waals surface area contributed by atoms with Crippen LogP contribution in [0.15, 0.2) is 59.1 Å². The largest absolute Gasteiger partial charge is 0.489 e. The van der Waals surface area contributed by atoms with Crippen molar-refractivity contribution in [3.8, 4) is 17.0 Å². The van der Waals surface area contributed by atoms with Crippen LogP contribution in [-0.2, 0) is 54.5 Å². The molecule has 16 nitrogen and oxygen atoms in total. The van der Waals surface area contributed by atoms with Gasteiger partial charge >= 0.3 is 25.7 Å². The van der Waals surface area contributed by atoms with Crippen LogP contribution in [0.3, 0.4) is 0 Å². The Kier molecular flexibility index (Phi) is 24.9. The molecule has 0 aliphatic carbocycles. The second-order valence-corrected chi connectivity index (χ2v) is 18.9. The molecule has 0 saturated heterocycles. The van der Waals surface area contributed by atoms with E-state index in [9.17, 15) is 41.3 Å². The number of halogens is 9. The molecule has 4 aromatic rings. The Hall–Kier alpha value is -4.02. The quantitative estimate of drug-likeness (QED) is 0.0305. The maximum atomic E-state index is 14.3. The van der Waals surface area contributed by atoms with E-state index in [2.05, 4.69) is 40.2 Å². The third kappa shape index (κ3) is 18.3. The number of carbonyl (C=O) groups is 4. The first kappa shape index (κ1) is 61.1. The van der Waals surface area contributed by atoms with Crippen molar-refractivity contribution in [2.24, 2.45) is 7.05 Å². The van der Waals surface area contributed by atoms with Crippen LogP contribution < -0.4 is 19.9 Å². The molecule has 0 saturated carbocycles. The molecule has 1 aromatic heterocycles. The summed E-state index contributed by atoms with van der Waals surface area (Å²) in [6, 6.07) is 15.2. The standard InChI is InChI=1S/C15H12BrClF4N2O2.C14H20ClNO2.C11H11Cl2NO2.C3H8NO5P/c1-6(2)25-14(24)7-4-8(10(18)5-9(7)17)12-11(16)13(15(19,20)21)23(3)22-12;1-4-11-7-6-8-12(5-2)14(11)16(10-18-3)13(17)9-15;1-7-6-16-9-5-3-2-4-8(9)14(7)11(15)10(12)13;5-3(6)1-4-2-10(7,8)9/h4-6H,1-3H3;6-8H,4-5,9-10H2,1-3H3;2-5,7,10H,6H2,1H3;4H,1-2H2,(H,5,6)(H2,7,8,9). The van der Waals surface area contributed by atoms with Crippen LogP contribution in [0, 0.1) is 5.82 Å². The summed E-state index contributed by atoms with van der Waals surface area (Å²) in [5, 5.41) is 13.6. The molecule has 1 aliphatic rings. The maximum absolute atomic E-state index is 14.3. The van der Waals surface area contributed by atoms with Crippen molar-refractivity contribution >= 4 is 105 Å². The van der Waals surface area contributed by atoms with Crippen molar-refractivity contribution in [3.05, 3.63) is 92.3 Å². The molecule has 69 heavy (non-hydrogen) atoms. The number of amides is 2. The Morgan fingerprint density at radius 2 is 1.65 bits per heavy atom. The highest BCUT2D eigenvalue weighted by molar-refractivity contribution is 9.10. The number of para-hydroxylation sites is 3. The summed E-state index contributed by atoms with van der Waals surface area (Å²) in [6.45, 7) is 9.51. The Labute approximate surface area is 424 Å². The number of aromatic nitrogens is 2. The Morgan fingerprint density at radius 1 is 1.06 bits per heavy atom.